The summed E-state index contributed by atoms with van der Waals surface area (Å²) < 4.78 is 11.0. The molecule has 0 spiro atoms. The first-order valence-electron chi connectivity index (χ1n) is 6.42. The molecule has 0 aliphatic carbocycles. The van der Waals surface area contributed by atoms with E-state index in [1.807, 2.05) is 32.0 Å². The summed E-state index contributed by atoms with van der Waals surface area (Å²) in [6, 6.07) is 5.85. The van der Waals surface area contributed by atoms with Gasteiger partial charge in [0, 0.05) is 26.1 Å². The Bertz CT molecular complexity index is 353. The predicted octanol–water partition coefficient (Wildman–Crippen LogP) is 2.39. The molecule has 1 aromatic heterocycles. The summed E-state index contributed by atoms with van der Waals surface area (Å²) in [7, 11) is 1.72. The van der Waals surface area contributed by atoms with Crippen LogP contribution in [0, 0.1) is 0 Å². The third kappa shape index (κ3) is 5.47. The van der Waals surface area contributed by atoms with E-state index in [1.54, 1.807) is 7.11 Å². The average Bonchev–Trinajstić information content (AvgIpc) is 2.37. The van der Waals surface area contributed by atoms with Crippen LogP contribution in [0.1, 0.15) is 32.9 Å². The Morgan fingerprint density at radius 1 is 1.33 bits per heavy atom. The van der Waals surface area contributed by atoms with Crippen molar-refractivity contribution in [2.45, 2.75) is 39.3 Å². The van der Waals surface area contributed by atoms with Crippen LogP contribution < -0.4 is 10.1 Å². The van der Waals surface area contributed by atoms with E-state index >= 15 is 0 Å². The summed E-state index contributed by atoms with van der Waals surface area (Å²) in [5.41, 5.74) is 0.849. The first-order chi connectivity index (χ1) is 8.57. The third-order valence-electron chi connectivity index (χ3n) is 2.84. The smallest absolute Gasteiger partial charge is 0.213 e. The molecular formula is C14H24N2O2. The van der Waals surface area contributed by atoms with Crippen molar-refractivity contribution in [2.75, 3.05) is 20.3 Å². The highest BCUT2D eigenvalue weighted by Gasteiger charge is 2.16. The molecule has 4 nitrogen and oxygen atoms in total. The number of pyridine rings is 1. The minimum Gasteiger partial charge on any atom is -0.478 e. The van der Waals surface area contributed by atoms with Gasteiger partial charge in [-0.2, -0.15) is 0 Å². The number of methoxy groups -OCH3 is 1. The molecule has 1 heterocycles. The molecular weight excluding hydrogens is 228 g/mol. The Hall–Kier alpha value is -1.13. The van der Waals surface area contributed by atoms with Gasteiger partial charge in [-0.1, -0.05) is 13.0 Å². The van der Waals surface area contributed by atoms with E-state index in [4.69, 9.17) is 9.47 Å². The highest BCUT2D eigenvalue weighted by Crippen LogP contribution is 2.14. The van der Waals surface area contributed by atoms with E-state index in [-0.39, 0.29) is 5.60 Å². The van der Waals surface area contributed by atoms with Gasteiger partial charge in [0.1, 0.15) is 0 Å². The van der Waals surface area contributed by atoms with Gasteiger partial charge in [-0.05, 0) is 26.5 Å². The van der Waals surface area contributed by atoms with Gasteiger partial charge in [0.2, 0.25) is 5.88 Å². The first kappa shape index (κ1) is 14.9. The van der Waals surface area contributed by atoms with Crippen molar-refractivity contribution in [1.29, 1.82) is 0 Å². The maximum atomic E-state index is 5.65. The molecule has 0 fully saturated rings. The number of ether oxygens (including phenoxy) is 2. The Labute approximate surface area is 110 Å². The highest BCUT2D eigenvalue weighted by atomic mass is 16.5. The van der Waals surface area contributed by atoms with Crippen LogP contribution in [-0.4, -0.2) is 30.8 Å². The Balaban J connectivity index is 2.42. The van der Waals surface area contributed by atoms with Gasteiger partial charge in [-0.3, -0.25) is 0 Å². The fourth-order valence-corrected chi connectivity index (χ4v) is 1.39. The molecule has 1 N–H and O–H groups in total. The Morgan fingerprint density at radius 2 is 2.11 bits per heavy atom. The lowest BCUT2D eigenvalue weighted by atomic mass is 10.1. The van der Waals surface area contributed by atoms with Crippen LogP contribution in [0.2, 0.25) is 0 Å². The van der Waals surface area contributed by atoms with Gasteiger partial charge in [-0.15, -0.1) is 0 Å². The van der Waals surface area contributed by atoms with Crippen LogP contribution in [0.3, 0.4) is 0 Å². The monoisotopic (exact) mass is 252 g/mol. The van der Waals surface area contributed by atoms with Crippen molar-refractivity contribution < 1.29 is 9.47 Å². The number of rotatable bonds is 8. The lowest BCUT2D eigenvalue weighted by Crippen LogP contribution is -2.25. The van der Waals surface area contributed by atoms with Gasteiger partial charge in [0.15, 0.2) is 0 Å². The zero-order valence-electron chi connectivity index (χ0n) is 11.8. The molecule has 0 saturated heterocycles. The molecule has 0 radical (unpaired) electrons. The number of nitrogens with zero attached hydrogens (tertiary/aromatic N) is 1. The fourth-order valence-electron chi connectivity index (χ4n) is 1.39. The highest BCUT2D eigenvalue weighted by molar-refractivity contribution is 5.15. The molecule has 0 aliphatic heterocycles. The number of aromatic nitrogens is 1. The van der Waals surface area contributed by atoms with E-state index in [0.29, 0.717) is 12.5 Å². The minimum atomic E-state index is -0.151. The van der Waals surface area contributed by atoms with Crippen molar-refractivity contribution in [1.82, 2.24) is 10.3 Å². The largest absolute Gasteiger partial charge is 0.478 e. The molecule has 1 aromatic rings. The van der Waals surface area contributed by atoms with Crippen molar-refractivity contribution in [3.63, 3.8) is 0 Å². The molecule has 1 rings (SSSR count). The maximum absolute atomic E-state index is 5.65. The van der Waals surface area contributed by atoms with Crippen LogP contribution in [0.5, 0.6) is 5.88 Å². The summed E-state index contributed by atoms with van der Waals surface area (Å²) in [6.45, 7) is 8.49. The predicted molar refractivity (Wildman–Crippen MR) is 72.8 cm³/mol. The van der Waals surface area contributed by atoms with Gasteiger partial charge in [0.05, 0.1) is 17.9 Å². The van der Waals surface area contributed by atoms with E-state index in [9.17, 15) is 0 Å². The second-order valence-corrected chi connectivity index (χ2v) is 4.81. The summed E-state index contributed by atoms with van der Waals surface area (Å²) >= 11 is 0. The molecule has 0 unspecified atom stereocenters. The molecule has 0 aromatic carbocycles. The summed E-state index contributed by atoms with van der Waals surface area (Å²) in [5, 5.41) is 3.24. The van der Waals surface area contributed by atoms with Gasteiger partial charge in [0.25, 0.3) is 0 Å². The van der Waals surface area contributed by atoms with E-state index in [1.165, 1.54) is 0 Å². The normalized spacial score (nSPS) is 11.6. The number of hydrogen-bond donors (Lipinski definition) is 1. The van der Waals surface area contributed by atoms with Crippen LogP contribution in [0.25, 0.3) is 0 Å². The zero-order valence-corrected chi connectivity index (χ0v) is 11.8. The summed E-state index contributed by atoms with van der Waals surface area (Å²) in [4.78, 5) is 4.43. The topological polar surface area (TPSA) is 43.4 Å². The van der Waals surface area contributed by atoms with Gasteiger partial charge < -0.3 is 14.8 Å². The third-order valence-corrected chi connectivity index (χ3v) is 2.84. The van der Waals surface area contributed by atoms with Gasteiger partial charge >= 0.3 is 0 Å². The maximum Gasteiger partial charge on any atom is 0.213 e. The number of nitrogens with one attached hydrogen (secondary N) is 1. The first-order valence-corrected chi connectivity index (χ1v) is 6.42. The van der Waals surface area contributed by atoms with Crippen LogP contribution in [0.4, 0.5) is 0 Å². The second-order valence-electron chi connectivity index (χ2n) is 4.81. The van der Waals surface area contributed by atoms with Crippen molar-refractivity contribution in [3.8, 4) is 5.88 Å². The lowest BCUT2D eigenvalue weighted by molar-refractivity contribution is 0.00507. The molecule has 102 valence electrons. The molecule has 0 saturated carbocycles. The van der Waals surface area contributed by atoms with Gasteiger partial charge in [-0.25, -0.2) is 4.98 Å². The number of hydrogen-bond acceptors (Lipinski definition) is 4. The molecule has 0 bridgehead atoms. The molecule has 0 atom stereocenters. The fraction of sp³-hybridized carbons (Fsp3) is 0.643. The second kappa shape index (κ2) is 7.34. The summed E-state index contributed by atoms with van der Waals surface area (Å²) in [5.74, 6) is 0.678. The van der Waals surface area contributed by atoms with Crippen molar-refractivity contribution in [3.05, 3.63) is 23.9 Å². The quantitative estimate of drug-likeness (QED) is 0.771. The van der Waals surface area contributed by atoms with E-state index < -0.39 is 0 Å². The van der Waals surface area contributed by atoms with Crippen molar-refractivity contribution in [2.24, 2.45) is 0 Å². The van der Waals surface area contributed by atoms with E-state index in [2.05, 4.69) is 17.2 Å². The van der Waals surface area contributed by atoms with Crippen LogP contribution in [0.15, 0.2) is 18.2 Å². The standard InChI is InChI=1S/C14H24N2O2/c1-5-15-11-12-7-6-8-13(16-12)18-10-9-14(2,3)17-4/h6-8,15H,5,9-11H2,1-4H3. The Morgan fingerprint density at radius 3 is 2.78 bits per heavy atom. The molecule has 0 amide bonds. The SMILES string of the molecule is CCNCc1cccc(OCCC(C)(C)OC)n1. The lowest BCUT2D eigenvalue weighted by Gasteiger charge is -2.22. The molecule has 18 heavy (non-hydrogen) atoms. The van der Waals surface area contributed by atoms with Crippen molar-refractivity contribution >= 4 is 0 Å². The van der Waals surface area contributed by atoms with Crippen LogP contribution in [-0.2, 0) is 11.3 Å². The zero-order chi connectivity index (χ0) is 13.4. The van der Waals surface area contributed by atoms with Crippen LogP contribution >= 0.6 is 0 Å². The minimum absolute atomic E-state index is 0.151. The average molecular weight is 252 g/mol. The molecule has 4 heteroatoms. The van der Waals surface area contributed by atoms with E-state index in [0.717, 1.165) is 25.2 Å². The Kier molecular flexibility index (Phi) is 6.09. The summed E-state index contributed by atoms with van der Waals surface area (Å²) in [6.07, 6.45) is 0.836. The molecule has 0 aliphatic rings.